The molecule has 7 amide bonds. The number of hydroxylamine groups is 4. The number of aliphatic hydroxyl groups excluding tert-OH is 4. The summed E-state index contributed by atoms with van der Waals surface area (Å²) >= 11 is 0. The number of carbonyl (C=O) groups is 9. The zero-order valence-electron chi connectivity index (χ0n) is 37.7. The van der Waals surface area contributed by atoms with Gasteiger partial charge in [-0.05, 0) is 46.0 Å². The molecule has 0 saturated carbocycles. The van der Waals surface area contributed by atoms with E-state index >= 15 is 0 Å². The van der Waals surface area contributed by atoms with E-state index in [0.717, 1.165) is 45.4 Å². The second-order valence-electron chi connectivity index (χ2n) is 16.4. The summed E-state index contributed by atoms with van der Waals surface area (Å²) in [5.74, 6) is -10.9. The lowest BCUT2D eigenvalue weighted by atomic mass is 9.93. The van der Waals surface area contributed by atoms with Gasteiger partial charge in [-0.2, -0.15) is 0 Å². The van der Waals surface area contributed by atoms with Crippen molar-refractivity contribution in [2.45, 2.75) is 179 Å². The van der Waals surface area contributed by atoms with Crippen molar-refractivity contribution in [3.8, 4) is 0 Å². The van der Waals surface area contributed by atoms with Gasteiger partial charge in [0.25, 0.3) is 0 Å². The van der Waals surface area contributed by atoms with E-state index in [1.807, 2.05) is 5.32 Å². The Morgan fingerprint density at radius 1 is 0.892 bits per heavy atom. The average molecular weight is 934 g/mol. The van der Waals surface area contributed by atoms with Gasteiger partial charge in [-0.15, -0.1) is 0 Å². The topological polar surface area (TPSA) is 371 Å². The Labute approximate surface area is 378 Å². The fourth-order valence-electron chi connectivity index (χ4n) is 6.82. The van der Waals surface area contributed by atoms with Gasteiger partial charge in [-0.3, -0.25) is 44.0 Å². The molecular formula is C41H71N7O17. The number of nitrogens with one attached hydrogen (secondary N) is 5. The van der Waals surface area contributed by atoms with Crippen LogP contribution in [-0.4, -0.2) is 174 Å². The van der Waals surface area contributed by atoms with Crippen molar-refractivity contribution in [2.24, 2.45) is 5.92 Å². The second kappa shape index (κ2) is 31.0. The zero-order chi connectivity index (χ0) is 49.2. The number of hydrogen-bond donors (Lipinski definition) is 12. The minimum atomic E-state index is -2.60. The van der Waals surface area contributed by atoms with E-state index in [4.69, 9.17) is 4.74 Å². The van der Waals surface area contributed by atoms with E-state index in [1.54, 1.807) is 0 Å². The maximum Gasteiger partial charge on any atom is 0.335 e. The summed E-state index contributed by atoms with van der Waals surface area (Å²) in [4.78, 5) is 115. The van der Waals surface area contributed by atoms with Gasteiger partial charge in [-0.1, -0.05) is 65.2 Å². The van der Waals surface area contributed by atoms with Crippen LogP contribution >= 0.6 is 0 Å². The molecule has 1 saturated heterocycles. The Hall–Kier alpha value is -5.01. The second-order valence-corrected chi connectivity index (χ2v) is 16.4. The number of rotatable bonds is 26. The van der Waals surface area contributed by atoms with Gasteiger partial charge in [0.05, 0.1) is 37.2 Å². The van der Waals surface area contributed by atoms with Crippen molar-refractivity contribution in [2.75, 3.05) is 19.7 Å². The molecule has 24 heteroatoms. The van der Waals surface area contributed by atoms with Gasteiger partial charge < -0.3 is 56.9 Å². The molecule has 1 fully saturated rings. The molecule has 0 aromatic carbocycles. The summed E-state index contributed by atoms with van der Waals surface area (Å²) < 4.78 is 5.02. The van der Waals surface area contributed by atoms with E-state index in [0.29, 0.717) is 11.5 Å². The Kier molecular flexibility index (Phi) is 27.7. The number of aliphatic hydroxyl groups is 4. The molecule has 0 radical (unpaired) electrons. The number of cyclic esters (lactones) is 1. The van der Waals surface area contributed by atoms with E-state index in [2.05, 4.69) is 28.2 Å². The minimum Gasteiger partial charge on any atom is -0.479 e. The first-order valence-corrected chi connectivity index (χ1v) is 22.2. The number of carboxylic acids is 1. The Balaban J connectivity index is 3.22. The van der Waals surface area contributed by atoms with Gasteiger partial charge in [0.1, 0.15) is 24.2 Å². The highest BCUT2D eigenvalue weighted by Crippen LogP contribution is 2.16. The third kappa shape index (κ3) is 21.7. The minimum absolute atomic E-state index is 0.0140. The number of ether oxygens (including phenoxy) is 1. The van der Waals surface area contributed by atoms with E-state index in [-0.39, 0.29) is 50.1 Å². The van der Waals surface area contributed by atoms with E-state index in [9.17, 15) is 79.1 Å². The Morgan fingerprint density at radius 3 is 2.06 bits per heavy atom. The molecule has 12 N–H and O–H groups in total. The van der Waals surface area contributed by atoms with Crippen molar-refractivity contribution in [3.05, 3.63) is 0 Å². The SMILES string of the molecule is CCCCCCCCCCCC(=O)NC(CCCN(O)C=O)C(O)C(C)C(=O)N[C@@H](CO)C(=O)N[C@@H]1CCCN(O)C(=O)CC(C)OC(=O)[C@H]([C@@H](O)C(=O)O)NC(=O)[C@H]([C@@H](C)O)NC1=O. The Morgan fingerprint density at radius 2 is 1.49 bits per heavy atom. The summed E-state index contributed by atoms with van der Waals surface area (Å²) in [6.45, 7) is 4.02. The lowest BCUT2D eigenvalue weighted by Gasteiger charge is -2.30. The number of amides is 7. The van der Waals surface area contributed by atoms with Crippen LogP contribution < -0.4 is 26.6 Å². The van der Waals surface area contributed by atoms with Crippen LogP contribution in [0.3, 0.4) is 0 Å². The fraction of sp³-hybridized carbons (Fsp3) is 0.780. The molecule has 1 rings (SSSR count). The predicted molar refractivity (Wildman–Crippen MR) is 226 cm³/mol. The maximum absolute atomic E-state index is 13.6. The van der Waals surface area contributed by atoms with Crippen molar-refractivity contribution in [1.29, 1.82) is 0 Å². The highest BCUT2D eigenvalue weighted by molar-refractivity contribution is 5.96. The first kappa shape index (κ1) is 58.0. The molecule has 0 spiro atoms. The van der Waals surface area contributed by atoms with Crippen LogP contribution in [-0.2, 0) is 47.9 Å². The summed E-state index contributed by atoms with van der Waals surface area (Å²) in [5.41, 5.74) is 0. The maximum atomic E-state index is 13.6. The van der Waals surface area contributed by atoms with Crippen LogP contribution in [0.25, 0.3) is 0 Å². The number of hydrogen-bond acceptors (Lipinski definition) is 16. The van der Waals surface area contributed by atoms with Gasteiger partial charge in [0, 0.05) is 19.5 Å². The lowest BCUT2D eigenvalue weighted by molar-refractivity contribution is -0.172. The third-order valence-corrected chi connectivity index (χ3v) is 10.8. The van der Waals surface area contributed by atoms with Crippen LogP contribution in [0.15, 0.2) is 0 Å². The smallest absolute Gasteiger partial charge is 0.335 e. The van der Waals surface area contributed by atoms with Crippen LogP contribution in [0.2, 0.25) is 0 Å². The molecule has 4 unspecified atom stereocenters. The molecule has 1 heterocycles. The Bertz CT molecular complexity index is 1560. The number of carboxylic acid groups (broad SMARTS) is 1. The van der Waals surface area contributed by atoms with Crippen LogP contribution in [0.5, 0.6) is 0 Å². The number of esters is 1. The van der Waals surface area contributed by atoms with Crippen molar-refractivity contribution in [1.82, 2.24) is 36.7 Å². The van der Waals surface area contributed by atoms with Gasteiger partial charge in [-0.25, -0.2) is 19.7 Å². The van der Waals surface area contributed by atoms with E-state index in [1.165, 1.54) is 26.7 Å². The number of nitrogens with zero attached hydrogens (tertiary/aromatic N) is 2. The van der Waals surface area contributed by atoms with Gasteiger partial charge in [0.15, 0.2) is 12.1 Å². The molecule has 10 atom stereocenters. The molecular weight excluding hydrogens is 862 g/mol. The van der Waals surface area contributed by atoms with Crippen molar-refractivity contribution < 1.29 is 83.8 Å². The third-order valence-electron chi connectivity index (χ3n) is 10.8. The standard InChI is InChI=1S/C41H71N7O17/c1-5-6-7-8-9-10-11-12-13-18-30(52)42-27(16-14-19-47(63)23-50)34(54)25(3)36(56)44-29(22-49)38(58)43-28-17-15-20-48(64)31(53)21-24(2)65-41(62)33(35(55)40(60)61)46-39(59)32(26(4)51)45-37(28)57/h23-29,32-35,49,51,54-55,63-64H,5-22H2,1-4H3,(H,42,52)(H,43,58)(H,44,56)(H,45,57)(H,46,59)(H,60,61)/t24?,25?,26-,27?,28-,29+,32+,33+,34?,35-/m1/s1. The molecule has 0 bridgehead atoms. The first-order valence-electron chi connectivity index (χ1n) is 22.2. The monoisotopic (exact) mass is 933 g/mol. The van der Waals surface area contributed by atoms with Gasteiger partial charge >= 0.3 is 11.9 Å². The van der Waals surface area contributed by atoms with Crippen LogP contribution in [0.4, 0.5) is 0 Å². The quantitative estimate of drug-likeness (QED) is 0.0148. The number of unbranched alkanes of at least 4 members (excludes halogenated alkanes) is 8. The van der Waals surface area contributed by atoms with Crippen LogP contribution in [0, 0.1) is 5.92 Å². The molecule has 24 nitrogen and oxygen atoms in total. The normalized spacial score (nSPS) is 21.8. The van der Waals surface area contributed by atoms with Gasteiger partial charge in [0.2, 0.25) is 41.9 Å². The molecule has 0 aliphatic carbocycles. The highest BCUT2D eigenvalue weighted by Gasteiger charge is 2.40. The molecule has 372 valence electrons. The van der Waals surface area contributed by atoms with Crippen molar-refractivity contribution >= 4 is 53.8 Å². The number of aliphatic carboxylic acids is 1. The number of carbonyl (C=O) groups excluding carboxylic acids is 8. The summed E-state index contributed by atoms with van der Waals surface area (Å²) in [5, 5.41) is 83.4. The largest absolute Gasteiger partial charge is 0.479 e. The first-order chi connectivity index (χ1) is 30.7. The van der Waals surface area contributed by atoms with Crippen LogP contribution in [0.1, 0.15) is 124 Å². The zero-order valence-corrected chi connectivity index (χ0v) is 37.7. The summed E-state index contributed by atoms with van der Waals surface area (Å²) in [7, 11) is 0. The van der Waals surface area contributed by atoms with E-state index < -0.39 is 127 Å². The van der Waals surface area contributed by atoms with Crippen molar-refractivity contribution in [3.63, 3.8) is 0 Å². The molecule has 0 aromatic heterocycles. The highest BCUT2D eigenvalue weighted by atomic mass is 16.5. The molecule has 1 aliphatic rings. The molecule has 65 heavy (non-hydrogen) atoms. The fourth-order valence-corrected chi connectivity index (χ4v) is 6.82. The lowest BCUT2D eigenvalue weighted by Crippen LogP contribution is -2.62. The predicted octanol–water partition coefficient (Wildman–Crippen LogP) is -1.89. The molecule has 0 aromatic rings. The molecule has 1 aliphatic heterocycles. The summed E-state index contributed by atoms with van der Waals surface area (Å²) in [6.07, 6.45) is 1.16. The summed E-state index contributed by atoms with van der Waals surface area (Å²) in [6, 6.07) is -8.78. The average Bonchev–Trinajstić information content (AvgIpc) is 3.25.